The van der Waals surface area contributed by atoms with E-state index in [1.807, 2.05) is 6.08 Å². The number of carboxylic acid groups (broad SMARTS) is 1. The Hall–Kier alpha value is -1.61. The van der Waals surface area contributed by atoms with Crippen molar-refractivity contribution >= 4 is 12.0 Å². The van der Waals surface area contributed by atoms with Crippen LogP contribution in [0.5, 0.6) is 0 Å². The first-order chi connectivity index (χ1) is 8.75. The van der Waals surface area contributed by atoms with Crippen LogP contribution in [-0.4, -0.2) is 24.2 Å². The van der Waals surface area contributed by atoms with Crippen molar-refractivity contribution in [2.75, 3.05) is 13.1 Å². The quantitative estimate of drug-likeness (QED) is 0.857. The SMILES string of the molecule is O=C(O)CC=Cc1ccc(C2CCNCC2)cc1. The van der Waals surface area contributed by atoms with Gasteiger partial charge in [0.1, 0.15) is 0 Å². The number of benzene rings is 1. The molecule has 0 aliphatic carbocycles. The second-order valence-electron chi connectivity index (χ2n) is 4.69. The van der Waals surface area contributed by atoms with Crippen LogP contribution in [0, 0.1) is 0 Å². The molecule has 18 heavy (non-hydrogen) atoms. The van der Waals surface area contributed by atoms with Crippen molar-refractivity contribution in [3.05, 3.63) is 41.5 Å². The van der Waals surface area contributed by atoms with E-state index in [9.17, 15) is 4.79 Å². The van der Waals surface area contributed by atoms with Gasteiger partial charge in [-0.15, -0.1) is 0 Å². The van der Waals surface area contributed by atoms with Gasteiger partial charge in [0.15, 0.2) is 0 Å². The number of carbonyl (C=O) groups is 1. The van der Waals surface area contributed by atoms with Gasteiger partial charge < -0.3 is 10.4 Å². The number of nitrogens with one attached hydrogen (secondary N) is 1. The van der Waals surface area contributed by atoms with Crippen molar-refractivity contribution in [3.63, 3.8) is 0 Å². The zero-order valence-corrected chi connectivity index (χ0v) is 10.4. The Morgan fingerprint density at radius 2 is 1.94 bits per heavy atom. The third-order valence-electron chi connectivity index (χ3n) is 3.35. The molecule has 1 aromatic rings. The number of hydrogen-bond acceptors (Lipinski definition) is 2. The van der Waals surface area contributed by atoms with Crippen molar-refractivity contribution in [2.24, 2.45) is 0 Å². The lowest BCUT2D eigenvalue weighted by Crippen LogP contribution is -2.26. The van der Waals surface area contributed by atoms with Crippen molar-refractivity contribution < 1.29 is 9.90 Å². The van der Waals surface area contributed by atoms with Crippen LogP contribution in [0.2, 0.25) is 0 Å². The normalized spacial score (nSPS) is 17.1. The van der Waals surface area contributed by atoms with Crippen LogP contribution in [0.1, 0.15) is 36.3 Å². The minimum atomic E-state index is -0.794. The van der Waals surface area contributed by atoms with E-state index in [-0.39, 0.29) is 6.42 Å². The first kappa shape index (κ1) is 12.8. The third kappa shape index (κ3) is 3.70. The van der Waals surface area contributed by atoms with Gasteiger partial charge in [0.25, 0.3) is 0 Å². The first-order valence-corrected chi connectivity index (χ1v) is 6.45. The third-order valence-corrected chi connectivity index (χ3v) is 3.35. The highest BCUT2D eigenvalue weighted by Gasteiger charge is 2.14. The van der Waals surface area contributed by atoms with Gasteiger partial charge >= 0.3 is 5.97 Å². The molecule has 0 unspecified atom stereocenters. The Bertz CT molecular complexity index is 417. The maximum atomic E-state index is 10.4. The molecule has 1 aliphatic rings. The molecule has 0 radical (unpaired) electrons. The molecule has 0 bridgehead atoms. The van der Waals surface area contributed by atoms with Crippen molar-refractivity contribution in [2.45, 2.75) is 25.2 Å². The summed E-state index contributed by atoms with van der Waals surface area (Å²) in [5.74, 6) is -0.124. The summed E-state index contributed by atoms with van der Waals surface area (Å²) in [7, 11) is 0. The second-order valence-corrected chi connectivity index (χ2v) is 4.69. The fourth-order valence-electron chi connectivity index (χ4n) is 2.33. The zero-order valence-electron chi connectivity index (χ0n) is 10.4. The van der Waals surface area contributed by atoms with Crippen LogP contribution in [0.4, 0.5) is 0 Å². The predicted octanol–water partition coefficient (Wildman–Crippen LogP) is 2.64. The van der Waals surface area contributed by atoms with Crippen molar-refractivity contribution in [3.8, 4) is 0 Å². The molecular weight excluding hydrogens is 226 g/mol. The summed E-state index contributed by atoms with van der Waals surface area (Å²) in [6.45, 7) is 2.20. The van der Waals surface area contributed by atoms with Crippen LogP contribution < -0.4 is 5.32 Å². The number of aliphatic carboxylic acids is 1. The molecule has 1 heterocycles. The average Bonchev–Trinajstić information content (AvgIpc) is 2.40. The molecule has 96 valence electrons. The Balaban J connectivity index is 1.96. The number of rotatable bonds is 4. The molecule has 3 heteroatoms. The van der Waals surface area contributed by atoms with E-state index in [4.69, 9.17) is 5.11 Å². The van der Waals surface area contributed by atoms with Crippen molar-refractivity contribution in [1.82, 2.24) is 5.32 Å². The summed E-state index contributed by atoms with van der Waals surface area (Å²) in [6, 6.07) is 8.46. The highest BCUT2D eigenvalue weighted by molar-refractivity contribution is 5.70. The lowest BCUT2D eigenvalue weighted by molar-refractivity contribution is -0.135. The minimum absolute atomic E-state index is 0.0794. The van der Waals surface area contributed by atoms with Gasteiger partial charge in [-0.05, 0) is 43.0 Å². The van der Waals surface area contributed by atoms with Crippen LogP contribution in [-0.2, 0) is 4.79 Å². The second kappa shape index (κ2) is 6.36. The number of hydrogen-bond donors (Lipinski definition) is 2. The largest absolute Gasteiger partial charge is 0.481 e. The topological polar surface area (TPSA) is 49.3 Å². The van der Waals surface area contributed by atoms with Gasteiger partial charge in [0.2, 0.25) is 0 Å². The zero-order chi connectivity index (χ0) is 12.8. The van der Waals surface area contributed by atoms with Gasteiger partial charge in [-0.2, -0.15) is 0 Å². The molecule has 0 saturated carbocycles. The molecule has 2 N–H and O–H groups in total. The Kier molecular flexibility index (Phi) is 4.53. The fraction of sp³-hybridized carbons (Fsp3) is 0.400. The fourth-order valence-corrected chi connectivity index (χ4v) is 2.33. The van der Waals surface area contributed by atoms with E-state index in [0.717, 1.165) is 18.7 Å². The first-order valence-electron chi connectivity index (χ1n) is 6.45. The van der Waals surface area contributed by atoms with E-state index >= 15 is 0 Å². The molecule has 1 aliphatic heterocycles. The molecule has 3 nitrogen and oxygen atoms in total. The van der Waals surface area contributed by atoms with E-state index in [1.165, 1.54) is 18.4 Å². The maximum absolute atomic E-state index is 10.4. The summed E-state index contributed by atoms with van der Waals surface area (Å²) >= 11 is 0. The highest BCUT2D eigenvalue weighted by Crippen LogP contribution is 2.25. The molecule has 2 rings (SSSR count). The van der Waals surface area contributed by atoms with Crippen LogP contribution in [0.25, 0.3) is 6.08 Å². The molecule has 0 spiro atoms. The Labute approximate surface area is 108 Å². The predicted molar refractivity (Wildman–Crippen MR) is 72.6 cm³/mol. The molecule has 1 fully saturated rings. The summed E-state index contributed by atoms with van der Waals surface area (Å²) in [5.41, 5.74) is 2.46. The smallest absolute Gasteiger partial charge is 0.307 e. The molecule has 0 amide bonds. The van der Waals surface area contributed by atoms with Gasteiger partial charge in [-0.1, -0.05) is 36.4 Å². The van der Waals surface area contributed by atoms with Gasteiger partial charge in [-0.25, -0.2) is 0 Å². The van der Waals surface area contributed by atoms with Gasteiger partial charge in [0, 0.05) is 0 Å². The standard InChI is InChI=1S/C15H19NO2/c17-15(18)3-1-2-12-4-6-13(7-5-12)14-8-10-16-11-9-14/h1-2,4-7,14,16H,3,8-11H2,(H,17,18). The average molecular weight is 245 g/mol. The van der Waals surface area contributed by atoms with E-state index in [0.29, 0.717) is 5.92 Å². The molecule has 1 saturated heterocycles. The minimum Gasteiger partial charge on any atom is -0.481 e. The Morgan fingerprint density at radius 1 is 1.28 bits per heavy atom. The van der Waals surface area contributed by atoms with E-state index in [2.05, 4.69) is 29.6 Å². The summed E-state index contributed by atoms with van der Waals surface area (Å²) in [4.78, 5) is 10.4. The van der Waals surface area contributed by atoms with Gasteiger partial charge in [-0.3, -0.25) is 4.79 Å². The maximum Gasteiger partial charge on any atom is 0.307 e. The lowest BCUT2D eigenvalue weighted by atomic mass is 9.90. The molecule has 1 aromatic carbocycles. The van der Waals surface area contributed by atoms with E-state index < -0.39 is 5.97 Å². The van der Waals surface area contributed by atoms with Crippen LogP contribution >= 0.6 is 0 Å². The monoisotopic (exact) mass is 245 g/mol. The van der Waals surface area contributed by atoms with Crippen LogP contribution in [0.15, 0.2) is 30.3 Å². The Morgan fingerprint density at radius 3 is 2.56 bits per heavy atom. The lowest BCUT2D eigenvalue weighted by Gasteiger charge is -2.22. The summed E-state index contributed by atoms with van der Waals surface area (Å²) < 4.78 is 0. The highest BCUT2D eigenvalue weighted by atomic mass is 16.4. The van der Waals surface area contributed by atoms with Crippen molar-refractivity contribution in [1.29, 1.82) is 0 Å². The summed E-state index contributed by atoms with van der Waals surface area (Å²) in [5, 5.41) is 11.9. The van der Waals surface area contributed by atoms with Crippen LogP contribution in [0.3, 0.4) is 0 Å². The summed E-state index contributed by atoms with van der Waals surface area (Å²) in [6.07, 6.45) is 6.03. The number of carboxylic acids is 1. The van der Waals surface area contributed by atoms with E-state index in [1.54, 1.807) is 6.08 Å². The van der Waals surface area contributed by atoms with Gasteiger partial charge in [0.05, 0.1) is 6.42 Å². The molecule has 0 atom stereocenters. The number of piperidine rings is 1. The molecular formula is C15H19NO2. The molecule has 0 aromatic heterocycles.